The van der Waals surface area contributed by atoms with Crippen molar-refractivity contribution in [3.05, 3.63) is 0 Å². The highest BCUT2D eigenvalue weighted by atomic mass is 32.2. The van der Waals surface area contributed by atoms with Crippen LogP contribution in [-0.4, -0.2) is 40.6 Å². The number of amides is 1. The van der Waals surface area contributed by atoms with Crippen LogP contribution in [0.4, 0.5) is 0 Å². The van der Waals surface area contributed by atoms with Crippen molar-refractivity contribution in [1.82, 2.24) is 10.2 Å². The fraction of sp³-hybridized carbons (Fsp3) is 0.933. The minimum Gasteiger partial charge on any atom is -0.323 e. The first-order valence-corrected chi connectivity index (χ1v) is 9.09. The summed E-state index contributed by atoms with van der Waals surface area (Å²) in [5, 5.41) is 3.59. The van der Waals surface area contributed by atoms with Gasteiger partial charge in [0.15, 0.2) is 0 Å². The molecule has 1 N–H and O–H groups in total. The number of nitrogens with zero attached hydrogens (tertiary/aromatic N) is 1. The fourth-order valence-electron chi connectivity index (χ4n) is 3.23. The third-order valence-corrected chi connectivity index (χ3v) is 5.32. The fourth-order valence-corrected chi connectivity index (χ4v) is 4.31. The van der Waals surface area contributed by atoms with E-state index in [-0.39, 0.29) is 6.04 Å². The topological polar surface area (TPSA) is 32.3 Å². The van der Waals surface area contributed by atoms with Gasteiger partial charge in [-0.1, -0.05) is 33.1 Å². The number of hydrogen-bond acceptors (Lipinski definition) is 3. The molecule has 2 saturated heterocycles. The summed E-state index contributed by atoms with van der Waals surface area (Å²) in [6.07, 6.45) is 8.22. The normalized spacial score (nSPS) is 29.2. The molecule has 0 bridgehead atoms. The molecule has 0 aromatic carbocycles. The van der Waals surface area contributed by atoms with E-state index >= 15 is 0 Å². The molecular formula is C15H28N2OS. The van der Waals surface area contributed by atoms with Crippen molar-refractivity contribution in [2.24, 2.45) is 0 Å². The van der Waals surface area contributed by atoms with Gasteiger partial charge in [0.2, 0.25) is 5.91 Å². The lowest BCUT2D eigenvalue weighted by Crippen LogP contribution is -2.46. The number of carbonyl (C=O) groups is 1. The average Bonchev–Trinajstić information content (AvgIpc) is 2.74. The molecule has 0 aromatic heterocycles. The zero-order valence-corrected chi connectivity index (χ0v) is 13.2. The minimum absolute atomic E-state index is 0.0890. The van der Waals surface area contributed by atoms with Gasteiger partial charge < -0.3 is 4.90 Å². The van der Waals surface area contributed by atoms with E-state index in [1.807, 2.05) is 11.8 Å². The van der Waals surface area contributed by atoms with Gasteiger partial charge >= 0.3 is 0 Å². The number of rotatable bonds is 6. The minimum atomic E-state index is 0.0890. The first-order chi connectivity index (χ1) is 9.27. The molecule has 2 unspecified atom stereocenters. The van der Waals surface area contributed by atoms with Gasteiger partial charge in [0.25, 0.3) is 0 Å². The van der Waals surface area contributed by atoms with Crippen LogP contribution in [0.25, 0.3) is 0 Å². The van der Waals surface area contributed by atoms with Crippen LogP contribution in [0.3, 0.4) is 0 Å². The highest BCUT2D eigenvalue weighted by Gasteiger charge is 2.41. The molecule has 19 heavy (non-hydrogen) atoms. The Morgan fingerprint density at radius 3 is 2.58 bits per heavy atom. The van der Waals surface area contributed by atoms with Gasteiger partial charge in [0.1, 0.15) is 0 Å². The molecule has 110 valence electrons. The van der Waals surface area contributed by atoms with E-state index in [0.717, 1.165) is 25.7 Å². The van der Waals surface area contributed by atoms with Crippen LogP contribution >= 0.6 is 11.8 Å². The largest absolute Gasteiger partial charge is 0.323 e. The maximum absolute atomic E-state index is 12.7. The van der Waals surface area contributed by atoms with Crippen LogP contribution in [-0.2, 0) is 4.79 Å². The van der Waals surface area contributed by atoms with Gasteiger partial charge in [-0.2, -0.15) is 11.8 Å². The number of unbranched alkanes of at least 4 members (excludes halogenated alkanes) is 1. The maximum Gasteiger partial charge on any atom is 0.241 e. The van der Waals surface area contributed by atoms with Gasteiger partial charge in [-0.25, -0.2) is 0 Å². The van der Waals surface area contributed by atoms with Gasteiger partial charge in [0.05, 0.1) is 12.2 Å². The van der Waals surface area contributed by atoms with Crippen LogP contribution in [0.2, 0.25) is 0 Å². The van der Waals surface area contributed by atoms with E-state index in [1.54, 1.807) is 0 Å². The zero-order chi connectivity index (χ0) is 13.7. The van der Waals surface area contributed by atoms with E-state index in [4.69, 9.17) is 0 Å². The molecular weight excluding hydrogens is 256 g/mol. The molecule has 2 rings (SSSR count). The molecule has 0 radical (unpaired) electrons. The lowest BCUT2D eigenvalue weighted by molar-refractivity contribution is -0.132. The van der Waals surface area contributed by atoms with Crippen LogP contribution in [0.5, 0.6) is 0 Å². The monoisotopic (exact) mass is 284 g/mol. The summed E-state index contributed by atoms with van der Waals surface area (Å²) >= 11 is 2.03. The summed E-state index contributed by atoms with van der Waals surface area (Å²) in [6.45, 7) is 4.40. The van der Waals surface area contributed by atoms with E-state index in [0.29, 0.717) is 18.1 Å². The Hall–Kier alpha value is -0.220. The smallest absolute Gasteiger partial charge is 0.241 e. The average molecular weight is 284 g/mol. The highest BCUT2D eigenvalue weighted by Crippen LogP contribution is 2.28. The Balaban J connectivity index is 2.01. The predicted octanol–water partition coefficient (Wildman–Crippen LogP) is 3.00. The molecule has 4 heteroatoms. The molecule has 2 heterocycles. The Morgan fingerprint density at radius 1 is 1.21 bits per heavy atom. The Morgan fingerprint density at radius 2 is 1.95 bits per heavy atom. The third kappa shape index (κ3) is 3.66. The van der Waals surface area contributed by atoms with Crippen molar-refractivity contribution in [1.29, 1.82) is 0 Å². The first-order valence-electron chi connectivity index (χ1n) is 7.93. The lowest BCUT2D eigenvalue weighted by atomic mass is 10.1. The Labute approximate surface area is 121 Å². The van der Waals surface area contributed by atoms with Gasteiger partial charge in [-0.3, -0.25) is 10.1 Å². The second kappa shape index (κ2) is 7.53. The summed E-state index contributed by atoms with van der Waals surface area (Å²) in [4.78, 5) is 14.9. The summed E-state index contributed by atoms with van der Waals surface area (Å²) in [7, 11) is 0. The summed E-state index contributed by atoms with van der Waals surface area (Å²) in [5.74, 6) is 2.81. The standard InChI is InChI=1S/C15H28N2OS/c1-3-5-7-13-15(18)17(14(16-13)6-4-2)12-8-10-19-11-9-12/h12-14,16H,3-11H2,1-2H3. The SMILES string of the molecule is CCCCC1NC(CCC)N(C2CCSCC2)C1=O. The molecule has 2 aliphatic heterocycles. The van der Waals surface area contributed by atoms with E-state index in [9.17, 15) is 4.79 Å². The van der Waals surface area contributed by atoms with Crippen molar-refractivity contribution in [2.45, 2.75) is 77.0 Å². The molecule has 2 fully saturated rings. The maximum atomic E-state index is 12.7. The summed E-state index contributed by atoms with van der Waals surface area (Å²) < 4.78 is 0. The number of thioether (sulfide) groups is 1. The second-order valence-corrected chi connectivity index (χ2v) is 6.98. The van der Waals surface area contributed by atoms with Crippen molar-refractivity contribution >= 4 is 17.7 Å². The first kappa shape index (κ1) is 15.2. The molecule has 2 atom stereocenters. The highest BCUT2D eigenvalue weighted by molar-refractivity contribution is 7.99. The third-order valence-electron chi connectivity index (χ3n) is 4.27. The molecule has 1 amide bonds. The predicted molar refractivity (Wildman–Crippen MR) is 82.3 cm³/mol. The van der Waals surface area contributed by atoms with Gasteiger partial charge in [-0.05, 0) is 37.2 Å². The van der Waals surface area contributed by atoms with Gasteiger partial charge in [0, 0.05) is 6.04 Å². The van der Waals surface area contributed by atoms with Crippen molar-refractivity contribution in [3.63, 3.8) is 0 Å². The summed E-state index contributed by atoms with van der Waals surface area (Å²) in [6, 6.07) is 0.579. The quantitative estimate of drug-likeness (QED) is 0.814. The van der Waals surface area contributed by atoms with E-state index in [1.165, 1.54) is 30.8 Å². The lowest BCUT2D eigenvalue weighted by Gasteiger charge is -2.35. The van der Waals surface area contributed by atoms with E-state index in [2.05, 4.69) is 24.1 Å². The van der Waals surface area contributed by atoms with Crippen LogP contribution in [0.15, 0.2) is 0 Å². The Kier molecular flexibility index (Phi) is 6.02. The van der Waals surface area contributed by atoms with Crippen LogP contribution in [0, 0.1) is 0 Å². The zero-order valence-electron chi connectivity index (χ0n) is 12.4. The molecule has 0 aromatic rings. The Bertz CT molecular complexity index is 292. The van der Waals surface area contributed by atoms with Crippen molar-refractivity contribution in [2.75, 3.05) is 11.5 Å². The number of hydrogen-bond donors (Lipinski definition) is 1. The van der Waals surface area contributed by atoms with Crippen LogP contribution in [0.1, 0.15) is 58.8 Å². The van der Waals surface area contributed by atoms with Crippen molar-refractivity contribution in [3.8, 4) is 0 Å². The van der Waals surface area contributed by atoms with E-state index < -0.39 is 0 Å². The second-order valence-electron chi connectivity index (χ2n) is 5.76. The molecule has 0 spiro atoms. The summed E-state index contributed by atoms with van der Waals surface area (Å²) in [5.41, 5.74) is 0. The molecule has 0 saturated carbocycles. The van der Waals surface area contributed by atoms with Crippen molar-refractivity contribution < 1.29 is 4.79 Å². The number of nitrogens with one attached hydrogen (secondary N) is 1. The van der Waals surface area contributed by atoms with Gasteiger partial charge in [-0.15, -0.1) is 0 Å². The molecule has 0 aliphatic carbocycles. The van der Waals surface area contributed by atoms with Crippen LogP contribution < -0.4 is 5.32 Å². The number of carbonyl (C=O) groups excluding carboxylic acids is 1. The molecule has 2 aliphatic rings. The molecule has 3 nitrogen and oxygen atoms in total.